The van der Waals surface area contributed by atoms with Crippen molar-refractivity contribution in [2.75, 3.05) is 19.6 Å². The molecule has 0 aliphatic rings. The molecule has 0 heterocycles. The van der Waals surface area contributed by atoms with Gasteiger partial charge >= 0.3 is 0 Å². The number of carbonyl (C=O) groups is 1. The monoisotopic (exact) mass is 383 g/mol. The quantitative estimate of drug-likeness (QED) is 0.649. The van der Waals surface area contributed by atoms with Crippen LogP contribution in [0.5, 0.6) is 0 Å². The number of amides is 1. The Morgan fingerprint density at radius 3 is 2.04 bits per heavy atom. The highest BCUT2D eigenvalue weighted by atomic mass is 32.2. The number of benzene rings is 1. The highest BCUT2D eigenvalue weighted by molar-refractivity contribution is 7.89. The van der Waals surface area contributed by atoms with Gasteiger partial charge in [-0.25, -0.2) is 8.42 Å². The highest BCUT2D eigenvalue weighted by Gasteiger charge is 2.29. The van der Waals surface area contributed by atoms with Crippen LogP contribution < -0.4 is 11.1 Å². The van der Waals surface area contributed by atoms with Gasteiger partial charge in [0.25, 0.3) is 5.91 Å². The molecule has 0 radical (unpaired) electrons. The first kappa shape index (κ1) is 22.6. The second kappa shape index (κ2) is 9.48. The van der Waals surface area contributed by atoms with Crippen LogP contribution in [0.2, 0.25) is 0 Å². The summed E-state index contributed by atoms with van der Waals surface area (Å²) in [4.78, 5) is 12.7. The number of nitrogens with one attached hydrogen (secondary N) is 1. The maximum absolute atomic E-state index is 12.8. The molecule has 0 aliphatic carbocycles. The van der Waals surface area contributed by atoms with Crippen LogP contribution in [0.4, 0.5) is 0 Å². The highest BCUT2D eigenvalue weighted by Crippen LogP contribution is 2.19. The van der Waals surface area contributed by atoms with Crippen molar-refractivity contribution in [1.29, 1.82) is 0 Å². The molecule has 0 aromatic heterocycles. The lowest BCUT2D eigenvalue weighted by Gasteiger charge is -2.33. The molecule has 1 amide bonds. The molecule has 0 bridgehead atoms. The summed E-state index contributed by atoms with van der Waals surface area (Å²) < 4.78 is 27.0. The number of hydrogen-bond donors (Lipinski definition) is 2. The zero-order valence-electron chi connectivity index (χ0n) is 16.6. The molecular weight excluding hydrogens is 350 g/mol. The number of rotatable bonds is 10. The van der Waals surface area contributed by atoms with Crippen LogP contribution in [-0.2, 0) is 10.0 Å². The van der Waals surface area contributed by atoms with Crippen molar-refractivity contribution < 1.29 is 13.2 Å². The van der Waals surface area contributed by atoms with Gasteiger partial charge in [0.2, 0.25) is 10.0 Å². The number of sulfonamides is 1. The predicted molar refractivity (Wildman–Crippen MR) is 106 cm³/mol. The lowest BCUT2D eigenvalue weighted by Crippen LogP contribution is -2.55. The van der Waals surface area contributed by atoms with Crippen molar-refractivity contribution in [3.05, 3.63) is 29.8 Å². The summed E-state index contributed by atoms with van der Waals surface area (Å²) in [7, 11) is -3.54. The molecule has 1 rings (SSSR count). The van der Waals surface area contributed by atoms with E-state index >= 15 is 0 Å². The Morgan fingerprint density at radius 1 is 1.15 bits per heavy atom. The van der Waals surface area contributed by atoms with Gasteiger partial charge in [-0.15, -0.1) is 0 Å². The molecule has 0 saturated carbocycles. The van der Waals surface area contributed by atoms with Crippen LogP contribution >= 0.6 is 0 Å². The first-order valence-corrected chi connectivity index (χ1v) is 10.7. The van der Waals surface area contributed by atoms with Crippen LogP contribution in [0.1, 0.15) is 57.8 Å². The molecule has 0 saturated heterocycles. The summed E-state index contributed by atoms with van der Waals surface area (Å²) in [5.74, 6) is -0.0812. The standard InChI is InChI=1S/C19H33N3O3S/c1-6-12-22(13-7-2)26(24,25)17-10-8-16(9-11-17)18(23)21-19(5,14-20)15(3)4/h8-11,15H,6-7,12-14,20H2,1-5H3,(H,21,23). The van der Waals surface area contributed by atoms with Crippen molar-refractivity contribution in [3.8, 4) is 0 Å². The maximum atomic E-state index is 12.8. The van der Waals surface area contributed by atoms with Crippen LogP contribution in [0, 0.1) is 5.92 Å². The van der Waals surface area contributed by atoms with Gasteiger partial charge < -0.3 is 11.1 Å². The Balaban J connectivity index is 3.02. The third kappa shape index (κ3) is 5.28. The van der Waals surface area contributed by atoms with E-state index in [0.29, 0.717) is 25.2 Å². The second-order valence-electron chi connectivity index (χ2n) is 7.16. The Hall–Kier alpha value is -1.44. The minimum Gasteiger partial charge on any atom is -0.345 e. The molecule has 6 nitrogen and oxygen atoms in total. The van der Waals surface area contributed by atoms with Gasteiger partial charge in [0.1, 0.15) is 0 Å². The Labute approximate surface area is 158 Å². The Kier molecular flexibility index (Phi) is 8.24. The third-order valence-corrected chi connectivity index (χ3v) is 6.71. The largest absolute Gasteiger partial charge is 0.345 e. The van der Waals surface area contributed by atoms with E-state index < -0.39 is 15.6 Å². The molecule has 1 aromatic rings. The fourth-order valence-electron chi connectivity index (χ4n) is 2.54. The van der Waals surface area contributed by atoms with E-state index in [1.807, 2.05) is 34.6 Å². The molecule has 0 spiro atoms. The predicted octanol–water partition coefficient (Wildman–Crippen LogP) is 2.60. The van der Waals surface area contributed by atoms with E-state index in [4.69, 9.17) is 5.73 Å². The molecule has 7 heteroatoms. The van der Waals surface area contributed by atoms with Crippen molar-refractivity contribution in [2.24, 2.45) is 11.7 Å². The molecule has 1 aromatic carbocycles. The summed E-state index contributed by atoms with van der Waals surface area (Å²) in [6, 6.07) is 6.10. The van der Waals surface area contributed by atoms with Gasteiger partial charge in [0.05, 0.1) is 10.4 Å². The van der Waals surface area contributed by atoms with E-state index in [-0.39, 0.29) is 16.7 Å². The Morgan fingerprint density at radius 2 is 1.65 bits per heavy atom. The SMILES string of the molecule is CCCN(CCC)S(=O)(=O)c1ccc(C(=O)NC(C)(CN)C(C)C)cc1. The van der Waals surface area contributed by atoms with Gasteiger partial charge in [-0.3, -0.25) is 4.79 Å². The summed E-state index contributed by atoms with van der Waals surface area (Å²) in [6.45, 7) is 11.1. The van der Waals surface area contributed by atoms with E-state index in [1.165, 1.54) is 16.4 Å². The molecule has 1 unspecified atom stereocenters. The van der Waals surface area contributed by atoms with Crippen LogP contribution in [-0.4, -0.2) is 43.8 Å². The average molecular weight is 384 g/mol. The van der Waals surface area contributed by atoms with Gasteiger partial charge in [-0.2, -0.15) is 4.31 Å². The van der Waals surface area contributed by atoms with Crippen molar-refractivity contribution in [3.63, 3.8) is 0 Å². The first-order valence-electron chi connectivity index (χ1n) is 9.25. The number of nitrogens with two attached hydrogens (primary N) is 1. The van der Waals surface area contributed by atoms with Crippen LogP contribution in [0.3, 0.4) is 0 Å². The molecule has 3 N–H and O–H groups in total. The minimum absolute atomic E-state index is 0.174. The second-order valence-corrected chi connectivity index (χ2v) is 9.10. The zero-order valence-corrected chi connectivity index (χ0v) is 17.4. The van der Waals surface area contributed by atoms with E-state index in [2.05, 4.69) is 5.32 Å². The molecule has 0 aliphatic heterocycles. The van der Waals surface area contributed by atoms with Gasteiger partial charge in [-0.05, 0) is 49.9 Å². The van der Waals surface area contributed by atoms with Crippen molar-refractivity contribution in [1.82, 2.24) is 9.62 Å². The van der Waals surface area contributed by atoms with E-state index in [9.17, 15) is 13.2 Å². The number of carbonyl (C=O) groups excluding carboxylic acids is 1. The normalized spacial score (nSPS) is 14.5. The number of nitrogens with zero attached hydrogens (tertiary/aromatic N) is 1. The summed E-state index contributed by atoms with van der Waals surface area (Å²) in [5.41, 5.74) is 5.71. The Bertz CT molecular complexity index is 680. The van der Waals surface area contributed by atoms with E-state index in [0.717, 1.165) is 12.8 Å². The molecule has 1 atom stereocenters. The van der Waals surface area contributed by atoms with E-state index in [1.54, 1.807) is 12.1 Å². The van der Waals surface area contributed by atoms with Crippen LogP contribution in [0.25, 0.3) is 0 Å². The summed E-state index contributed by atoms with van der Waals surface area (Å²) in [6.07, 6.45) is 1.51. The molecule has 26 heavy (non-hydrogen) atoms. The van der Waals surface area contributed by atoms with Crippen molar-refractivity contribution in [2.45, 2.75) is 57.9 Å². The summed E-state index contributed by atoms with van der Waals surface area (Å²) in [5, 5.41) is 2.96. The maximum Gasteiger partial charge on any atom is 0.251 e. The van der Waals surface area contributed by atoms with Crippen LogP contribution in [0.15, 0.2) is 29.2 Å². The lowest BCUT2D eigenvalue weighted by molar-refractivity contribution is 0.0883. The smallest absolute Gasteiger partial charge is 0.251 e. The molecule has 148 valence electrons. The zero-order chi connectivity index (χ0) is 20.0. The fraction of sp³-hybridized carbons (Fsp3) is 0.632. The molecular formula is C19H33N3O3S. The lowest BCUT2D eigenvalue weighted by atomic mass is 9.88. The third-order valence-electron chi connectivity index (χ3n) is 4.80. The van der Waals surface area contributed by atoms with Gasteiger partial charge in [0.15, 0.2) is 0 Å². The fourth-order valence-corrected chi connectivity index (χ4v) is 4.16. The molecule has 0 fully saturated rings. The van der Waals surface area contributed by atoms with Crippen molar-refractivity contribution >= 4 is 15.9 Å². The number of hydrogen-bond acceptors (Lipinski definition) is 4. The minimum atomic E-state index is -3.54. The average Bonchev–Trinajstić information content (AvgIpc) is 2.61. The first-order chi connectivity index (χ1) is 12.1. The van der Waals surface area contributed by atoms with Gasteiger partial charge in [-0.1, -0.05) is 27.7 Å². The summed E-state index contributed by atoms with van der Waals surface area (Å²) >= 11 is 0. The topological polar surface area (TPSA) is 92.5 Å². The van der Waals surface area contributed by atoms with Gasteiger partial charge in [0, 0.05) is 25.2 Å².